The highest BCUT2D eigenvalue weighted by Crippen LogP contribution is 2.66. The van der Waals surface area contributed by atoms with Crippen LogP contribution in [0.25, 0.3) is 11.3 Å². The first-order valence-corrected chi connectivity index (χ1v) is 13.3. The highest BCUT2D eigenvalue weighted by atomic mass is 35.5. The van der Waals surface area contributed by atoms with E-state index in [-0.39, 0.29) is 17.6 Å². The van der Waals surface area contributed by atoms with Gasteiger partial charge in [0.2, 0.25) is 0 Å². The number of ketones is 1. The van der Waals surface area contributed by atoms with Crippen molar-refractivity contribution in [2.45, 2.75) is 24.3 Å². The number of fused-ring (bicyclic) bond motifs is 4. The van der Waals surface area contributed by atoms with Crippen molar-refractivity contribution in [2.75, 3.05) is 18.9 Å². The van der Waals surface area contributed by atoms with E-state index in [0.717, 1.165) is 33.8 Å². The standard InChI is InChI=1S/C32H26ClN3O2/c1-36-19-24(21-11-5-7-13-25(21)33)31(32(36)23-12-6-8-14-28(23)35-30(32)38)18-17-27-22(29(31)37)15-16-26(34-27)20-9-3-2-4-10-20/h2-16,24H,17-19H2,1H3,(H,35,38)/t24-,31+,32+/m1/s1. The molecule has 6 heteroatoms. The molecule has 1 aromatic heterocycles. The van der Waals surface area contributed by atoms with Crippen LogP contribution in [0.1, 0.15) is 39.5 Å². The number of para-hydroxylation sites is 1. The lowest BCUT2D eigenvalue weighted by molar-refractivity contribution is -0.130. The number of anilines is 1. The van der Waals surface area contributed by atoms with E-state index in [9.17, 15) is 9.59 Å². The molecule has 1 N–H and O–H groups in total. The van der Waals surface area contributed by atoms with Crippen molar-refractivity contribution in [3.8, 4) is 11.3 Å². The van der Waals surface area contributed by atoms with Gasteiger partial charge in [0, 0.05) is 39.9 Å². The second-order valence-electron chi connectivity index (χ2n) is 10.5. The zero-order valence-electron chi connectivity index (χ0n) is 20.9. The van der Waals surface area contributed by atoms with Crippen LogP contribution in [0, 0.1) is 5.41 Å². The fourth-order valence-corrected chi connectivity index (χ4v) is 7.63. The molecule has 0 radical (unpaired) electrons. The number of likely N-dealkylation sites (tertiary alicyclic amines) is 1. The van der Waals surface area contributed by atoms with Crippen LogP contribution in [0.2, 0.25) is 5.02 Å². The molecule has 3 heterocycles. The largest absolute Gasteiger partial charge is 0.324 e. The number of halogens is 1. The maximum absolute atomic E-state index is 15.0. The minimum Gasteiger partial charge on any atom is -0.324 e. The van der Waals surface area contributed by atoms with Gasteiger partial charge in [-0.15, -0.1) is 0 Å². The van der Waals surface area contributed by atoms with Crippen molar-refractivity contribution in [1.82, 2.24) is 9.88 Å². The van der Waals surface area contributed by atoms with Gasteiger partial charge < -0.3 is 5.32 Å². The summed E-state index contributed by atoms with van der Waals surface area (Å²) < 4.78 is 0. The van der Waals surface area contributed by atoms with E-state index in [1.54, 1.807) is 0 Å². The third-order valence-electron chi connectivity index (χ3n) is 8.89. The molecule has 1 fully saturated rings. The number of rotatable bonds is 2. The van der Waals surface area contributed by atoms with E-state index in [2.05, 4.69) is 10.2 Å². The first-order chi connectivity index (χ1) is 18.5. The number of hydrogen-bond donors (Lipinski definition) is 1. The van der Waals surface area contributed by atoms with E-state index in [4.69, 9.17) is 16.6 Å². The van der Waals surface area contributed by atoms with Crippen molar-refractivity contribution < 1.29 is 9.59 Å². The van der Waals surface area contributed by atoms with Gasteiger partial charge in [0.05, 0.1) is 16.8 Å². The first kappa shape index (κ1) is 23.3. The van der Waals surface area contributed by atoms with Gasteiger partial charge >= 0.3 is 0 Å². The predicted octanol–water partition coefficient (Wildman–Crippen LogP) is 6.09. The highest BCUT2D eigenvalue weighted by molar-refractivity contribution is 6.31. The molecular formula is C32H26ClN3O2. The van der Waals surface area contributed by atoms with Gasteiger partial charge in [-0.25, -0.2) is 0 Å². The normalized spacial score (nSPS) is 26.0. The van der Waals surface area contributed by atoms with Crippen LogP contribution >= 0.6 is 11.6 Å². The molecule has 3 aliphatic rings. The summed E-state index contributed by atoms with van der Waals surface area (Å²) in [6.07, 6.45) is 1.08. The minimum atomic E-state index is -1.15. The Kier molecular flexibility index (Phi) is 5.13. The fraction of sp³-hybridized carbons (Fsp3) is 0.219. The Morgan fingerprint density at radius 2 is 1.66 bits per heavy atom. The lowest BCUT2D eigenvalue weighted by Crippen LogP contribution is -2.60. The zero-order chi connectivity index (χ0) is 26.1. The van der Waals surface area contributed by atoms with Crippen LogP contribution in [0.4, 0.5) is 5.69 Å². The van der Waals surface area contributed by atoms with Crippen LogP contribution < -0.4 is 5.32 Å². The molecule has 3 atom stereocenters. The summed E-state index contributed by atoms with van der Waals surface area (Å²) in [5.41, 5.74) is 3.56. The Morgan fingerprint density at radius 3 is 2.47 bits per heavy atom. The summed E-state index contributed by atoms with van der Waals surface area (Å²) in [6.45, 7) is 0.530. The number of Topliss-reactive ketones (excluding diaryl/α,β-unsaturated/α-hetero) is 1. The number of carbonyl (C=O) groups is 2. The van der Waals surface area contributed by atoms with E-state index in [1.165, 1.54) is 0 Å². The van der Waals surface area contributed by atoms with Gasteiger partial charge in [0.15, 0.2) is 5.78 Å². The highest BCUT2D eigenvalue weighted by Gasteiger charge is 2.74. The molecule has 7 rings (SSSR count). The summed E-state index contributed by atoms with van der Waals surface area (Å²) >= 11 is 6.78. The van der Waals surface area contributed by atoms with E-state index < -0.39 is 11.0 Å². The Bertz CT molecular complexity index is 1620. The molecule has 2 aliphatic heterocycles. The van der Waals surface area contributed by atoms with Crippen LogP contribution in [0.15, 0.2) is 91.0 Å². The number of likely N-dealkylation sites (N-methyl/N-ethyl adjacent to an activating group) is 1. The molecule has 5 nitrogen and oxygen atoms in total. The second kappa shape index (κ2) is 8.35. The Morgan fingerprint density at radius 1 is 0.921 bits per heavy atom. The summed E-state index contributed by atoms with van der Waals surface area (Å²) in [6, 6.07) is 29.3. The monoisotopic (exact) mass is 519 g/mol. The maximum atomic E-state index is 15.0. The lowest BCUT2D eigenvalue weighted by Gasteiger charge is -2.48. The third kappa shape index (κ3) is 2.89. The predicted molar refractivity (Wildman–Crippen MR) is 148 cm³/mol. The van der Waals surface area contributed by atoms with Gasteiger partial charge in [0.1, 0.15) is 5.54 Å². The zero-order valence-corrected chi connectivity index (χ0v) is 21.7. The molecular weight excluding hydrogens is 494 g/mol. The second-order valence-corrected chi connectivity index (χ2v) is 10.9. The van der Waals surface area contributed by atoms with E-state index >= 15 is 0 Å². The fourth-order valence-electron chi connectivity index (χ4n) is 7.36. The molecule has 1 aliphatic carbocycles. The third-order valence-corrected chi connectivity index (χ3v) is 9.24. The number of hydrogen-bond acceptors (Lipinski definition) is 4. The molecule has 2 spiro atoms. The first-order valence-electron chi connectivity index (χ1n) is 13.0. The van der Waals surface area contributed by atoms with E-state index in [1.807, 2.05) is 98.0 Å². The van der Waals surface area contributed by atoms with Gasteiger partial charge in [-0.05, 0) is 49.7 Å². The number of aromatic nitrogens is 1. The number of pyridine rings is 1. The molecule has 3 aromatic carbocycles. The quantitative estimate of drug-likeness (QED) is 0.348. The summed E-state index contributed by atoms with van der Waals surface area (Å²) in [5.74, 6) is -0.457. The molecule has 0 unspecified atom stereocenters. The number of nitrogens with zero attached hydrogens (tertiary/aromatic N) is 2. The average Bonchev–Trinajstić information content (AvgIpc) is 3.39. The molecule has 0 bridgehead atoms. The van der Waals surface area contributed by atoms with Crippen LogP contribution in [0.5, 0.6) is 0 Å². The molecule has 1 saturated heterocycles. The summed E-state index contributed by atoms with van der Waals surface area (Å²) in [4.78, 5) is 36.1. The smallest absolute Gasteiger partial charge is 0.250 e. The summed E-state index contributed by atoms with van der Waals surface area (Å²) in [5, 5.41) is 3.73. The Balaban J connectivity index is 1.47. The van der Waals surface area contributed by atoms with Crippen LogP contribution in [0.3, 0.4) is 0 Å². The van der Waals surface area contributed by atoms with Crippen molar-refractivity contribution >= 4 is 29.0 Å². The topological polar surface area (TPSA) is 62.3 Å². The molecule has 1 amide bonds. The Hall–Kier alpha value is -3.80. The molecule has 38 heavy (non-hydrogen) atoms. The van der Waals surface area contributed by atoms with Crippen molar-refractivity contribution in [3.63, 3.8) is 0 Å². The van der Waals surface area contributed by atoms with Gasteiger partial charge in [0.25, 0.3) is 5.91 Å². The molecule has 4 aromatic rings. The van der Waals surface area contributed by atoms with Crippen molar-refractivity contribution in [3.05, 3.63) is 118 Å². The van der Waals surface area contributed by atoms with Crippen molar-refractivity contribution in [1.29, 1.82) is 0 Å². The van der Waals surface area contributed by atoms with Gasteiger partial charge in [-0.2, -0.15) is 0 Å². The van der Waals surface area contributed by atoms with Gasteiger partial charge in [-0.1, -0.05) is 78.3 Å². The van der Waals surface area contributed by atoms with Crippen LogP contribution in [-0.4, -0.2) is 35.2 Å². The number of carbonyl (C=O) groups excluding carboxylic acids is 2. The van der Waals surface area contributed by atoms with E-state index in [0.29, 0.717) is 30.0 Å². The number of nitrogens with one attached hydrogen (secondary N) is 1. The molecule has 188 valence electrons. The van der Waals surface area contributed by atoms with Crippen LogP contribution in [-0.2, 0) is 16.8 Å². The number of benzene rings is 3. The lowest BCUT2D eigenvalue weighted by atomic mass is 9.54. The van der Waals surface area contributed by atoms with Crippen molar-refractivity contribution in [2.24, 2.45) is 5.41 Å². The summed E-state index contributed by atoms with van der Waals surface area (Å²) in [7, 11) is 1.96. The molecule has 0 saturated carbocycles. The average molecular weight is 520 g/mol. The Labute approximate surface area is 226 Å². The maximum Gasteiger partial charge on any atom is 0.250 e. The SMILES string of the molecule is CN1C[C@H](c2ccccc2Cl)[C@]2(CCc3nc(-c4ccccc4)ccc3C2=O)[C@]12C(=O)Nc1ccccc12. The minimum absolute atomic E-state index is 0.0352. The number of amides is 1. The van der Waals surface area contributed by atoms with Gasteiger partial charge in [-0.3, -0.25) is 19.5 Å². The number of aryl methyl sites for hydroxylation is 1.